The highest BCUT2D eigenvalue weighted by Crippen LogP contribution is 2.21. The van der Waals surface area contributed by atoms with Crippen LogP contribution in [0.5, 0.6) is 0 Å². The van der Waals surface area contributed by atoms with Crippen molar-refractivity contribution < 1.29 is 9.59 Å². The number of rotatable bonds is 6. The molecule has 2 amide bonds. The summed E-state index contributed by atoms with van der Waals surface area (Å²) in [5.41, 5.74) is 3.98. The van der Waals surface area contributed by atoms with Gasteiger partial charge >= 0.3 is 0 Å². The summed E-state index contributed by atoms with van der Waals surface area (Å²) in [5, 5.41) is 10.8. The SMILES string of the molecule is CC(=O)Nc1ccc(NC(=O)CSc2ccc3nc(-c4ccccc4)cn3n2)cc1. The quantitative estimate of drug-likeness (QED) is 0.462. The molecule has 2 aromatic heterocycles. The fraction of sp³-hybridized carbons (Fsp3) is 0.0909. The number of imidazole rings is 1. The zero-order valence-corrected chi connectivity index (χ0v) is 17.0. The number of hydrogen-bond donors (Lipinski definition) is 2. The minimum Gasteiger partial charge on any atom is -0.326 e. The Kier molecular flexibility index (Phi) is 5.76. The topological polar surface area (TPSA) is 88.4 Å². The van der Waals surface area contributed by atoms with Crippen molar-refractivity contribution in [2.24, 2.45) is 0 Å². The number of aromatic nitrogens is 3. The number of hydrogen-bond acceptors (Lipinski definition) is 5. The summed E-state index contributed by atoms with van der Waals surface area (Å²) in [5.74, 6) is -0.0437. The molecule has 7 nitrogen and oxygen atoms in total. The molecule has 4 rings (SSSR count). The Morgan fingerprint density at radius 3 is 2.33 bits per heavy atom. The second kappa shape index (κ2) is 8.79. The third kappa shape index (κ3) is 4.84. The molecule has 2 N–H and O–H groups in total. The number of benzene rings is 2. The van der Waals surface area contributed by atoms with Gasteiger partial charge in [0.2, 0.25) is 11.8 Å². The summed E-state index contributed by atoms with van der Waals surface area (Å²) < 4.78 is 1.73. The van der Waals surface area contributed by atoms with Gasteiger partial charge in [-0.3, -0.25) is 9.59 Å². The van der Waals surface area contributed by atoms with Crippen LogP contribution in [0.4, 0.5) is 11.4 Å². The molecule has 0 saturated heterocycles. The maximum atomic E-state index is 12.3. The van der Waals surface area contributed by atoms with Crippen LogP contribution in [0, 0.1) is 0 Å². The third-order valence-electron chi connectivity index (χ3n) is 4.21. The number of thioether (sulfide) groups is 1. The van der Waals surface area contributed by atoms with E-state index in [9.17, 15) is 9.59 Å². The van der Waals surface area contributed by atoms with Crippen molar-refractivity contribution in [2.45, 2.75) is 11.9 Å². The number of fused-ring (bicyclic) bond motifs is 1. The van der Waals surface area contributed by atoms with Gasteiger partial charge in [0.25, 0.3) is 0 Å². The van der Waals surface area contributed by atoms with Crippen LogP contribution in [0.25, 0.3) is 16.9 Å². The molecule has 4 aromatic rings. The van der Waals surface area contributed by atoms with E-state index < -0.39 is 0 Å². The summed E-state index contributed by atoms with van der Waals surface area (Å²) in [6.07, 6.45) is 1.88. The smallest absolute Gasteiger partial charge is 0.234 e. The van der Waals surface area contributed by atoms with Crippen molar-refractivity contribution in [3.63, 3.8) is 0 Å². The molecule has 150 valence electrons. The molecular formula is C22H19N5O2S. The summed E-state index contributed by atoms with van der Waals surface area (Å²) in [7, 11) is 0. The Hall–Kier alpha value is -3.65. The molecule has 0 fully saturated rings. The highest BCUT2D eigenvalue weighted by atomic mass is 32.2. The van der Waals surface area contributed by atoms with E-state index >= 15 is 0 Å². The molecule has 8 heteroatoms. The largest absolute Gasteiger partial charge is 0.326 e. The van der Waals surface area contributed by atoms with Gasteiger partial charge in [-0.15, -0.1) is 0 Å². The van der Waals surface area contributed by atoms with E-state index in [0.29, 0.717) is 11.4 Å². The average molecular weight is 417 g/mol. The lowest BCUT2D eigenvalue weighted by Gasteiger charge is -2.07. The molecular weight excluding hydrogens is 398 g/mol. The number of carbonyl (C=O) groups is 2. The van der Waals surface area contributed by atoms with Crippen molar-refractivity contribution in [1.82, 2.24) is 14.6 Å². The molecule has 0 radical (unpaired) electrons. The van der Waals surface area contributed by atoms with Gasteiger partial charge in [0, 0.05) is 23.9 Å². The summed E-state index contributed by atoms with van der Waals surface area (Å²) in [6, 6.07) is 20.6. The first-order valence-corrected chi connectivity index (χ1v) is 10.3. The van der Waals surface area contributed by atoms with Crippen LogP contribution in [0.1, 0.15) is 6.92 Å². The lowest BCUT2D eigenvalue weighted by Crippen LogP contribution is -2.14. The Morgan fingerprint density at radius 1 is 0.933 bits per heavy atom. The molecule has 0 bridgehead atoms. The maximum absolute atomic E-state index is 12.3. The number of nitrogens with zero attached hydrogens (tertiary/aromatic N) is 3. The van der Waals surface area contributed by atoms with Crippen LogP contribution in [-0.4, -0.2) is 32.2 Å². The summed E-state index contributed by atoms with van der Waals surface area (Å²) >= 11 is 1.35. The highest BCUT2D eigenvalue weighted by molar-refractivity contribution is 7.99. The number of amides is 2. The number of carbonyl (C=O) groups excluding carboxylic acids is 2. The molecule has 0 aliphatic rings. The lowest BCUT2D eigenvalue weighted by molar-refractivity contribution is -0.114. The van der Waals surface area contributed by atoms with Crippen LogP contribution in [0.2, 0.25) is 0 Å². The number of anilines is 2. The van der Waals surface area contributed by atoms with E-state index in [1.54, 1.807) is 28.8 Å². The Balaban J connectivity index is 1.37. The minimum atomic E-state index is -0.138. The average Bonchev–Trinajstić information content (AvgIpc) is 3.17. The van der Waals surface area contributed by atoms with Crippen molar-refractivity contribution in [3.8, 4) is 11.3 Å². The highest BCUT2D eigenvalue weighted by Gasteiger charge is 2.08. The van der Waals surface area contributed by atoms with E-state index in [0.717, 1.165) is 21.9 Å². The molecule has 0 atom stereocenters. The zero-order valence-electron chi connectivity index (χ0n) is 16.2. The Morgan fingerprint density at radius 2 is 1.63 bits per heavy atom. The normalized spacial score (nSPS) is 10.7. The van der Waals surface area contributed by atoms with Crippen LogP contribution in [0.15, 0.2) is 78.0 Å². The monoisotopic (exact) mass is 417 g/mol. The van der Waals surface area contributed by atoms with E-state index in [1.165, 1.54) is 18.7 Å². The summed E-state index contributed by atoms with van der Waals surface area (Å²) in [6.45, 7) is 1.45. The molecule has 2 heterocycles. The second-order valence-electron chi connectivity index (χ2n) is 6.56. The van der Waals surface area contributed by atoms with Gasteiger partial charge in [0.1, 0.15) is 5.03 Å². The Bertz CT molecular complexity index is 1190. The van der Waals surface area contributed by atoms with Crippen molar-refractivity contribution in [1.29, 1.82) is 0 Å². The predicted molar refractivity (Wildman–Crippen MR) is 119 cm³/mol. The van der Waals surface area contributed by atoms with Crippen LogP contribution >= 0.6 is 11.8 Å². The van der Waals surface area contributed by atoms with Crippen LogP contribution in [-0.2, 0) is 9.59 Å². The molecule has 0 saturated carbocycles. The van der Waals surface area contributed by atoms with Gasteiger partial charge in [-0.2, -0.15) is 5.10 Å². The third-order valence-corrected chi connectivity index (χ3v) is 5.13. The zero-order chi connectivity index (χ0) is 20.9. The Labute approximate surface area is 177 Å². The van der Waals surface area contributed by atoms with Crippen molar-refractivity contribution in [3.05, 3.63) is 72.9 Å². The molecule has 0 aliphatic carbocycles. The predicted octanol–water partition coefficient (Wildman–Crippen LogP) is 4.09. The molecule has 30 heavy (non-hydrogen) atoms. The van der Waals surface area contributed by atoms with Gasteiger partial charge < -0.3 is 10.6 Å². The fourth-order valence-electron chi connectivity index (χ4n) is 2.87. The van der Waals surface area contributed by atoms with E-state index in [4.69, 9.17) is 0 Å². The van der Waals surface area contributed by atoms with E-state index in [1.807, 2.05) is 48.7 Å². The molecule has 2 aromatic carbocycles. The van der Waals surface area contributed by atoms with Gasteiger partial charge in [-0.1, -0.05) is 42.1 Å². The minimum absolute atomic E-state index is 0.134. The summed E-state index contributed by atoms with van der Waals surface area (Å²) in [4.78, 5) is 27.9. The fourth-order valence-corrected chi connectivity index (χ4v) is 3.53. The molecule has 0 aliphatic heterocycles. The van der Waals surface area contributed by atoms with E-state index in [-0.39, 0.29) is 17.6 Å². The lowest BCUT2D eigenvalue weighted by atomic mass is 10.2. The molecule has 0 unspecified atom stereocenters. The van der Waals surface area contributed by atoms with Gasteiger partial charge in [-0.25, -0.2) is 9.50 Å². The van der Waals surface area contributed by atoms with Gasteiger partial charge in [0.05, 0.1) is 17.6 Å². The standard InChI is InChI=1S/C22H19N5O2S/c1-15(28)23-17-7-9-18(10-8-17)24-21(29)14-30-22-12-11-20-25-19(13-27(20)26-22)16-5-3-2-4-6-16/h2-13H,14H2,1H3,(H,23,28)(H,24,29). The van der Waals surface area contributed by atoms with Gasteiger partial charge in [-0.05, 0) is 36.4 Å². The van der Waals surface area contributed by atoms with Crippen molar-refractivity contribution in [2.75, 3.05) is 16.4 Å². The number of nitrogens with one attached hydrogen (secondary N) is 2. The first-order valence-electron chi connectivity index (χ1n) is 9.29. The van der Waals surface area contributed by atoms with Gasteiger partial charge in [0.15, 0.2) is 5.65 Å². The molecule has 0 spiro atoms. The van der Waals surface area contributed by atoms with Crippen molar-refractivity contribution >= 4 is 40.6 Å². The second-order valence-corrected chi connectivity index (χ2v) is 7.56. The first kappa shape index (κ1) is 19.7. The van der Waals surface area contributed by atoms with Crippen LogP contribution < -0.4 is 10.6 Å². The first-order chi connectivity index (χ1) is 14.6. The maximum Gasteiger partial charge on any atom is 0.234 e. The van der Waals surface area contributed by atoms with Crippen LogP contribution in [0.3, 0.4) is 0 Å². The van der Waals surface area contributed by atoms with E-state index in [2.05, 4.69) is 20.7 Å².